The van der Waals surface area contributed by atoms with Crippen molar-refractivity contribution in [3.05, 3.63) is 35.6 Å². The van der Waals surface area contributed by atoms with Gasteiger partial charge in [-0.1, -0.05) is 12.1 Å². The fourth-order valence-corrected chi connectivity index (χ4v) is 1.69. The first-order valence-electron chi connectivity index (χ1n) is 5.37. The van der Waals surface area contributed by atoms with Gasteiger partial charge in [0, 0.05) is 0 Å². The minimum Gasteiger partial charge on any atom is -0.481 e. The van der Waals surface area contributed by atoms with Crippen LogP contribution in [0.15, 0.2) is 29.4 Å². The zero-order chi connectivity index (χ0) is 13.1. The van der Waals surface area contributed by atoms with E-state index in [0.717, 1.165) is 5.56 Å². The molecule has 1 amide bonds. The molecule has 1 aliphatic rings. The van der Waals surface area contributed by atoms with Crippen molar-refractivity contribution in [2.75, 3.05) is 0 Å². The normalized spacial score (nSPS) is 14.8. The molecule has 0 saturated heterocycles. The van der Waals surface area contributed by atoms with Gasteiger partial charge in [0.25, 0.3) is 0 Å². The maximum atomic E-state index is 12.7. The first-order valence-corrected chi connectivity index (χ1v) is 5.37. The Balaban J connectivity index is 2.05. The van der Waals surface area contributed by atoms with E-state index in [4.69, 9.17) is 5.11 Å². The Morgan fingerprint density at radius 3 is 2.67 bits per heavy atom. The third-order valence-electron chi connectivity index (χ3n) is 2.51. The summed E-state index contributed by atoms with van der Waals surface area (Å²) in [6, 6.07) is 5.73. The van der Waals surface area contributed by atoms with E-state index < -0.39 is 5.97 Å². The monoisotopic (exact) mass is 250 g/mol. The van der Waals surface area contributed by atoms with Crippen LogP contribution in [0.3, 0.4) is 0 Å². The Morgan fingerprint density at radius 1 is 1.39 bits per heavy atom. The second-order valence-corrected chi connectivity index (χ2v) is 3.99. The highest BCUT2D eigenvalue weighted by Crippen LogP contribution is 2.15. The molecule has 0 bridgehead atoms. The van der Waals surface area contributed by atoms with Gasteiger partial charge in [-0.15, -0.1) is 0 Å². The van der Waals surface area contributed by atoms with Crippen molar-refractivity contribution in [1.82, 2.24) is 5.01 Å². The van der Waals surface area contributed by atoms with Gasteiger partial charge < -0.3 is 5.11 Å². The van der Waals surface area contributed by atoms with Crippen LogP contribution in [0.4, 0.5) is 4.39 Å². The molecule has 0 atom stereocenters. The number of carbonyl (C=O) groups excluding carboxylic acids is 1. The number of hydrogen-bond acceptors (Lipinski definition) is 3. The van der Waals surface area contributed by atoms with Crippen molar-refractivity contribution in [1.29, 1.82) is 0 Å². The number of hydrazone groups is 1. The summed E-state index contributed by atoms with van der Waals surface area (Å²) < 4.78 is 12.7. The third kappa shape index (κ3) is 2.91. The second kappa shape index (κ2) is 4.95. The molecule has 1 aromatic carbocycles. The number of hydrogen-bond donors (Lipinski definition) is 1. The Bertz CT molecular complexity index is 511. The molecule has 0 spiro atoms. The van der Waals surface area contributed by atoms with Crippen molar-refractivity contribution in [2.45, 2.75) is 19.4 Å². The predicted octanol–water partition coefficient (Wildman–Crippen LogP) is 1.39. The lowest BCUT2D eigenvalue weighted by atomic mass is 10.2. The van der Waals surface area contributed by atoms with Gasteiger partial charge in [0.2, 0.25) is 5.91 Å². The molecule has 1 heterocycles. The van der Waals surface area contributed by atoms with Crippen LogP contribution in [0.1, 0.15) is 18.4 Å². The van der Waals surface area contributed by atoms with E-state index in [9.17, 15) is 14.0 Å². The van der Waals surface area contributed by atoms with Gasteiger partial charge in [-0.05, 0) is 17.7 Å². The Hall–Kier alpha value is -2.24. The maximum absolute atomic E-state index is 12.7. The van der Waals surface area contributed by atoms with Crippen molar-refractivity contribution in [3.8, 4) is 0 Å². The predicted molar refractivity (Wildman–Crippen MR) is 61.3 cm³/mol. The minimum atomic E-state index is -1.01. The number of carboxylic acids is 1. The Morgan fingerprint density at radius 2 is 2.06 bits per heavy atom. The van der Waals surface area contributed by atoms with Crippen LogP contribution in [-0.4, -0.2) is 27.7 Å². The molecular formula is C12H11FN2O3. The quantitative estimate of drug-likeness (QED) is 0.877. The third-order valence-corrected chi connectivity index (χ3v) is 2.51. The maximum Gasteiger partial charge on any atom is 0.309 e. The zero-order valence-corrected chi connectivity index (χ0v) is 9.47. The molecule has 0 aliphatic carbocycles. The van der Waals surface area contributed by atoms with Crippen LogP contribution in [-0.2, 0) is 16.1 Å². The summed E-state index contributed by atoms with van der Waals surface area (Å²) in [4.78, 5) is 22.1. The number of carboxylic acid groups (broad SMARTS) is 1. The molecular weight excluding hydrogens is 239 g/mol. The molecule has 94 valence electrons. The van der Waals surface area contributed by atoms with Crippen molar-refractivity contribution in [2.24, 2.45) is 5.10 Å². The summed E-state index contributed by atoms with van der Waals surface area (Å²) in [6.07, 6.45) is -0.195. The molecule has 18 heavy (non-hydrogen) atoms. The van der Waals surface area contributed by atoms with Crippen LogP contribution in [0.5, 0.6) is 0 Å². The molecule has 0 fully saturated rings. The van der Waals surface area contributed by atoms with Gasteiger partial charge in [0.05, 0.1) is 25.1 Å². The van der Waals surface area contributed by atoms with E-state index in [-0.39, 0.29) is 31.1 Å². The largest absolute Gasteiger partial charge is 0.481 e. The lowest BCUT2D eigenvalue weighted by molar-refractivity contribution is -0.135. The molecule has 1 N–H and O–H groups in total. The number of nitrogens with zero attached hydrogens (tertiary/aromatic N) is 2. The zero-order valence-electron chi connectivity index (χ0n) is 9.47. The smallest absolute Gasteiger partial charge is 0.309 e. The standard InChI is InChI=1S/C12H11FN2O3/c13-9-3-1-8(2-4-9)7-15-11(16)5-10(14-15)6-12(17)18/h1-4H,5-7H2,(H,17,18). The summed E-state index contributed by atoms with van der Waals surface area (Å²) in [5, 5.41) is 13.8. The molecule has 0 radical (unpaired) electrons. The Kier molecular flexibility index (Phi) is 3.36. The summed E-state index contributed by atoms with van der Waals surface area (Å²) in [5.41, 5.74) is 1.08. The average molecular weight is 250 g/mol. The van der Waals surface area contributed by atoms with Crippen molar-refractivity contribution < 1.29 is 19.1 Å². The van der Waals surface area contributed by atoms with Crippen LogP contribution in [0.2, 0.25) is 0 Å². The molecule has 1 aromatic rings. The number of rotatable bonds is 4. The minimum absolute atomic E-state index is 0.0352. The number of aliphatic carboxylic acids is 1. The van der Waals surface area contributed by atoms with Gasteiger partial charge in [0.1, 0.15) is 5.82 Å². The highest BCUT2D eigenvalue weighted by molar-refractivity contribution is 6.10. The fourth-order valence-electron chi connectivity index (χ4n) is 1.69. The second-order valence-electron chi connectivity index (χ2n) is 3.99. The van der Waals surface area contributed by atoms with E-state index in [2.05, 4.69) is 5.10 Å². The lowest BCUT2D eigenvalue weighted by Crippen LogP contribution is -2.20. The summed E-state index contributed by atoms with van der Waals surface area (Å²) in [6.45, 7) is 0.224. The number of amides is 1. The van der Waals surface area contributed by atoms with E-state index in [1.165, 1.54) is 17.1 Å². The van der Waals surface area contributed by atoms with Crippen molar-refractivity contribution in [3.63, 3.8) is 0 Å². The molecule has 0 aromatic heterocycles. The summed E-state index contributed by atoms with van der Waals surface area (Å²) in [5.74, 6) is -1.60. The molecule has 5 nitrogen and oxygen atoms in total. The topological polar surface area (TPSA) is 70.0 Å². The molecule has 2 rings (SSSR count). The lowest BCUT2D eigenvalue weighted by Gasteiger charge is -2.11. The van der Waals surface area contributed by atoms with Gasteiger partial charge in [-0.2, -0.15) is 5.10 Å². The summed E-state index contributed by atoms with van der Waals surface area (Å²) in [7, 11) is 0. The van der Waals surface area contributed by atoms with E-state index in [0.29, 0.717) is 5.71 Å². The first-order chi connectivity index (χ1) is 8.54. The number of benzene rings is 1. The van der Waals surface area contributed by atoms with Gasteiger partial charge >= 0.3 is 5.97 Å². The highest BCUT2D eigenvalue weighted by Gasteiger charge is 2.24. The first kappa shape index (κ1) is 12.2. The van der Waals surface area contributed by atoms with E-state index >= 15 is 0 Å². The molecule has 0 saturated carbocycles. The number of carbonyl (C=O) groups is 2. The van der Waals surface area contributed by atoms with Crippen LogP contribution < -0.4 is 0 Å². The molecule has 6 heteroatoms. The molecule has 1 aliphatic heterocycles. The van der Waals surface area contributed by atoms with E-state index in [1.807, 2.05) is 0 Å². The van der Waals surface area contributed by atoms with Gasteiger partial charge in [-0.3, -0.25) is 9.59 Å². The fraction of sp³-hybridized carbons (Fsp3) is 0.250. The van der Waals surface area contributed by atoms with Gasteiger partial charge in [-0.25, -0.2) is 9.40 Å². The highest BCUT2D eigenvalue weighted by atomic mass is 19.1. The summed E-state index contributed by atoms with van der Waals surface area (Å²) >= 11 is 0. The average Bonchev–Trinajstić information content (AvgIpc) is 2.61. The van der Waals surface area contributed by atoms with Crippen LogP contribution in [0.25, 0.3) is 0 Å². The molecule has 0 unspecified atom stereocenters. The van der Waals surface area contributed by atoms with Gasteiger partial charge in [0.15, 0.2) is 0 Å². The van der Waals surface area contributed by atoms with Crippen LogP contribution >= 0.6 is 0 Å². The van der Waals surface area contributed by atoms with Crippen molar-refractivity contribution >= 4 is 17.6 Å². The Labute approximate surface area is 103 Å². The number of halogens is 1. The SMILES string of the molecule is O=C(O)CC1=NN(Cc2ccc(F)cc2)C(=O)C1. The van der Waals surface area contributed by atoms with E-state index in [1.54, 1.807) is 12.1 Å². The van der Waals surface area contributed by atoms with Crippen LogP contribution in [0, 0.1) is 5.82 Å².